The Hall–Kier alpha value is -2.29. The normalized spacial score (nSPS) is 9.95. The van der Waals surface area contributed by atoms with Crippen molar-refractivity contribution in [1.82, 2.24) is 0 Å². The van der Waals surface area contributed by atoms with Crippen LogP contribution in [0.15, 0.2) is 54.6 Å². The number of methoxy groups -OCH3 is 1. The first-order valence-electron chi connectivity index (χ1n) is 6.26. The lowest BCUT2D eigenvalue weighted by molar-refractivity contribution is -0.140. The van der Waals surface area contributed by atoms with E-state index in [4.69, 9.17) is 0 Å². The van der Waals surface area contributed by atoms with Crippen molar-refractivity contribution in [2.45, 2.75) is 12.8 Å². The number of carbonyl (C=O) groups is 1. The van der Waals surface area contributed by atoms with Crippen LogP contribution in [0.4, 0.5) is 11.4 Å². The van der Waals surface area contributed by atoms with Gasteiger partial charge in [0, 0.05) is 17.8 Å². The van der Waals surface area contributed by atoms with Gasteiger partial charge in [-0.05, 0) is 36.2 Å². The highest BCUT2D eigenvalue weighted by Gasteiger charge is 2.01. The third-order valence-corrected chi connectivity index (χ3v) is 2.86. The lowest BCUT2D eigenvalue weighted by atomic mass is 10.1. The predicted octanol–water partition coefficient (Wildman–Crippen LogP) is 3.54. The molecule has 3 nitrogen and oxygen atoms in total. The van der Waals surface area contributed by atoms with E-state index in [9.17, 15) is 4.79 Å². The first-order chi connectivity index (χ1) is 9.28. The number of ether oxygens (including phenoxy) is 1. The molecule has 0 radical (unpaired) electrons. The fraction of sp³-hybridized carbons (Fsp3) is 0.188. The minimum Gasteiger partial charge on any atom is -0.469 e. The van der Waals surface area contributed by atoms with Gasteiger partial charge in [0.25, 0.3) is 0 Å². The monoisotopic (exact) mass is 255 g/mol. The summed E-state index contributed by atoms with van der Waals surface area (Å²) in [6, 6.07) is 18.1. The minimum absolute atomic E-state index is 0.175. The average Bonchev–Trinajstić information content (AvgIpc) is 2.47. The van der Waals surface area contributed by atoms with Crippen molar-refractivity contribution in [2.24, 2.45) is 0 Å². The number of aryl methyl sites for hydroxylation is 1. The van der Waals surface area contributed by atoms with E-state index >= 15 is 0 Å². The van der Waals surface area contributed by atoms with Crippen LogP contribution in [0.2, 0.25) is 0 Å². The van der Waals surface area contributed by atoms with Crippen molar-refractivity contribution < 1.29 is 9.53 Å². The van der Waals surface area contributed by atoms with Gasteiger partial charge in [0.2, 0.25) is 0 Å². The Morgan fingerprint density at radius 3 is 2.26 bits per heavy atom. The maximum atomic E-state index is 11.1. The smallest absolute Gasteiger partial charge is 0.305 e. The zero-order valence-corrected chi connectivity index (χ0v) is 10.9. The molecule has 0 amide bonds. The number of hydrogen-bond acceptors (Lipinski definition) is 3. The van der Waals surface area contributed by atoms with Gasteiger partial charge in [-0.3, -0.25) is 4.79 Å². The van der Waals surface area contributed by atoms with E-state index in [1.165, 1.54) is 7.11 Å². The fourth-order valence-corrected chi connectivity index (χ4v) is 1.79. The number of hydrogen-bond donors (Lipinski definition) is 1. The van der Waals surface area contributed by atoms with Gasteiger partial charge < -0.3 is 10.1 Å². The van der Waals surface area contributed by atoms with Crippen molar-refractivity contribution in [3.05, 3.63) is 60.2 Å². The van der Waals surface area contributed by atoms with Crippen LogP contribution in [0.3, 0.4) is 0 Å². The first kappa shape index (κ1) is 13.1. The zero-order chi connectivity index (χ0) is 13.5. The molecule has 1 N–H and O–H groups in total. The molecule has 98 valence electrons. The highest BCUT2D eigenvalue weighted by Crippen LogP contribution is 2.17. The van der Waals surface area contributed by atoms with E-state index in [0.717, 1.165) is 16.9 Å². The Labute approximate surface area is 113 Å². The van der Waals surface area contributed by atoms with Crippen LogP contribution in [-0.4, -0.2) is 13.1 Å². The lowest BCUT2D eigenvalue weighted by Gasteiger charge is -2.07. The molecule has 3 heteroatoms. The Morgan fingerprint density at radius 2 is 1.63 bits per heavy atom. The van der Waals surface area contributed by atoms with Gasteiger partial charge in [-0.1, -0.05) is 30.3 Å². The maximum absolute atomic E-state index is 11.1. The van der Waals surface area contributed by atoms with Crippen LogP contribution in [0, 0.1) is 0 Å². The van der Waals surface area contributed by atoms with Crippen LogP contribution in [0.1, 0.15) is 12.0 Å². The molecule has 0 fully saturated rings. The van der Waals surface area contributed by atoms with Crippen LogP contribution in [0.5, 0.6) is 0 Å². The summed E-state index contributed by atoms with van der Waals surface area (Å²) in [5.41, 5.74) is 3.22. The second kappa shape index (κ2) is 6.59. The summed E-state index contributed by atoms with van der Waals surface area (Å²) >= 11 is 0. The number of rotatable bonds is 5. The third-order valence-electron chi connectivity index (χ3n) is 2.86. The molecule has 0 aliphatic rings. The number of anilines is 2. The molecule has 0 unspecified atom stereocenters. The molecule has 2 aromatic rings. The molecular formula is C16H17NO2. The van der Waals surface area contributed by atoms with E-state index < -0.39 is 0 Å². The molecule has 0 heterocycles. The van der Waals surface area contributed by atoms with Gasteiger partial charge in [-0.25, -0.2) is 0 Å². The zero-order valence-electron chi connectivity index (χ0n) is 10.9. The molecule has 0 spiro atoms. The van der Waals surface area contributed by atoms with Crippen LogP contribution in [-0.2, 0) is 16.0 Å². The number of nitrogens with one attached hydrogen (secondary N) is 1. The summed E-state index contributed by atoms with van der Waals surface area (Å²) in [4.78, 5) is 11.1. The molecule has 0 aromatic heterocycles. The number of esters is 1. The summed E-state index contributed by atoms with van der Waals surface area (Å²) in [7, 11) is 1.41. The fourth-order valence-electron chi connectivity index (χ4n) is 1.79. The molecule has 2 aromatic carbocycles. The van der Waals surface area contributed by atoms with Gasteiger partial charge >= 0.3 is 5.97 Å². The lowest BCUT2D eigenvalue weighted by Crippen LogP contribution is -2.01. The maximum Gasteiger partial charge on any atom is 0.305 e. The molecule has 2 rings (SSSR count). The van der Waals surface area contributed by atoms with Gasteiger partial charge in [0.15, 0.2) is 0 Å². The summed E-state index contributed by atoms with van der Waals surface area (Å²) in [6.45, 7) is 0. The van der Waals surface area contributed by atoms with Crippen molar-refractivity contribution in [3.63, 3.8) is 0 Å². The van der Waals surface area contributed by atoms with Crippen molar-refractivity contribution in [3.8, 4) is 0 Å². The molecule has 19 heavy (non-hydrogen) atoms. The standard InChI is InChI=1S/C16H17NO2/c1-19-16(18)12-9-13-7-10-15(11-8-13)17-14-5-3-2-4-6-14/h2-8,10-11,17H,9,12H2,1H3. The average molecular weight is 255 g/mol. The van der Waals surface area contributed by atoms with Gasteiger partial charge in [0.1, 0.15) is 0 Å². The van der Waals surface area contributed by atoms with Crippen molar-refractivity contribution in [1.29, 1.82) is 0 Å². The van der Waals surface area contributed by atoms with Gasteiger partial charge in [-0.2, -0.15) is 0 Å². The van der Waals surface area contributed by atoms with Crippen LogP contribution < -0.4 is 5.32 Å². The number of benzene rings is 2. The largest absolute Gasteiger partial charge is 0.469 e. The molecule has 0 saturated heterocycles. The SMILES string of the molecule is COC(=O)CCc1ccc(Nc2ccccc2)cc1. The van der Waals surface area contributed by atoms with E-state index in [1.807, 2.05) is 54.6 Å². The number of carbonyl (C=O) groups excluding carboxylic acids is 1. The molecule has 0 bridgehead atoms. The van der Waals surface area contributed by atoms with Gasteiger partial charge in [-0.15, -0.1) is 0 Å². The molecule has 0 aliphatic heterocycles. The Bertz CT molecular complexity index is 520. The minimum atomic E-state index is -0.175. The Morgan fingerprint density at radius 1 is 1.00 bits per heavy atom. The second-order valence-corrected chi connectivity index (χ2v) is 4.26. The number of para-hydroxylation sites is 1. The highest BCUT2D eigenvalue weighted by atomic mass is 16.5. The predicted molar refractivity (Wildman–Crippen MR) is 76.5 cm³/mol. The second-order valence-electron chi connectivity index (χ2n) is 4.26. The topological polar surface area (TPSA) is 38.3 Å². The van der Waals surface area contributed by atoms with Crippen LogP contribution >= 0.6 is 0 Å². The van der Waals surface area contributed by atoms with Crippen LogP contribution in [0.25, 0.3) is 0 Å². The first-order valence-corrected chi connectivity index (χ1v) is 6.26. The van der Waals surface area contributed by atoms with E-state index in [0.29, 0.717) is 12.8 Å². The molecule has 0 saturated carbocycles. The summed E-state index contributed by atoms with van der Waals surface area (Å²) in [5.74, 6) is -0.175. The van der Waals surface area contributed by atoms with E-state index in [1.54, 1.807) is 0 Å². The highest BCUT2D eigenvalue weighted by molar-refractivity contribution is 5.69. The molecule has 0 aliphatic carbocycles. The third kappa shape index (κ3) is 4.14. The van der Waals surface area contributed by atoms with Gasteiger partial charge in [0.05, 0.1) is 7.11 Å². The van der Waals surface area contributed by atoms with Crippen molar-refractivity contribution >= 4 is 17.3 Å². The van der Waals surface area contributed by atoms with E-state index in [2.05, 4.69) is 10.1 Å². The Balaban J connectivity index is 1.93. The Kier molecular flexibility index (Phi) is 4.56. The summed E-state index contributed by atoms with van der Waals surface area (Å²) in [6.07, 6.45) is 1.13. The molecule has 0 atom stereocenters. The van der Waals surface area contributed by atoms with E-state index in [-0.39, 0.29) is 5.97 Å². The molecular weight excluding hydrogens is 238 g/mol. The summed E-state index contributed by atoms with van der Waals surface area (Å²) < 4.78 is 4.62. The summed E-state index contributed by atoms with van der Waals surface area (Å²) in [5, 5.41) is 3.32. The quantitative estimate of drug-likeness (QED) is 0.830. The van der Waals surface area contributed by atoms with Crippen molar-refractivity contribution in [2.75, 3.05) is 12.4 Å².